The third-order valence-corrected chi connectivity index (χ3v) is 14.6. The number of hydrogen-bond acceptors (Lipinski definition) is 2. The van der Waals surface area contributed by atoms with E-state index < -0.39 is 0 Å². The molecule has 5 aromatic rings. The molecule has 5 aromatic carbocycles. The standard InChI is InChI=1S/C56H70N2/c1-37-30-45(34-46(31-37)58(42-20-18-39-16-14-15-17-40(39)33-42)51-25-19-41(32-38(51)2)52(3,4)5)57(43-21-23-47-49(35-43)55(10,11)28-26-53(47,6)7)44-22-24-48-50(36-44)56(12,13)29-27-54(48,8)9/h18-25,30-36H,14-17,26-29H2,1-13H3. The van der Waals surface area contributed by atoms with Crippen molar-refractivity contribution in [2.45, 2.75) is 168 Å². The molecule has 2 nitrogen and oxygen atoms in total. The Hall–Kier alpha value is -4.30. The topological polar surface area (TPSA) is 6.48 Å². The SMILES string of the molecule is Cc1cc(N(c2ccc3c(c2)C(C)(C)CCC3(C)C)c2ccc3c(c2)C(C)(C)CCC3(C)C)cc(N(c2ccc3c(c2)CCCC3)c2ccc(C(C)(C)C)cc2C)c1. The normalized spacial score (nSPS) is 18.8. The third-order valence-electron chi connectivity index (χ3n) is 14.6. The number of rotatable bonds is 6. The number of aryl methyl sites for hydroxylation is 4. The molecule has 58 heavy (non-hydrogen) atoms. The molecule has 0 N–H and O–H groups in total. The molecule has 0 bridgehead atoms. The second-order valence-corrected chi connectivity index (χ2v) is 22.1. The molecule has 0 spiro atoms. The van der Waals surface area contributed by atoms with Crippen LogP contribution in [0.25, 0.3) is 0 Å². The summed E-state index contributed by atoms with van der Waals surface area (Å²) >= 11 is 0. The Morgan fingerprint density at radius 3 is 1.41 bits per heavy atom. The van der Waals surface area contributed by atoms with Gasteiger partial charge in [-0.15, -0.1) is 0 Å². The number of nitrogens with zero attached hydrogens (tertiary/aromatic N) is 2. The maximum atomic E-state index is 2.58. The smallest absolute Gasteiger partial charge is 0.0491 e. The van der Waals surface area contributed by atoms with E-state index in [4.69, 9.17) is 0 Å². The Labute approximate surface area is 352 Å². The van der Waals surface area contributed by atoms with Crippen molar-refractivity contribution in [1.29, 1.82) is 0 Å². The molecule has 8 rings (SSSR count). The molecule has 0 aliphatic heterocycles. The predicted molar refractivity (Wildman–Crippen MR) is 251 cm³/mol. The lowest BCUT2D eigenvalue weighted by molar-refractivity contribution is 0.332. The van der Waals surface area contributed by atoms with Gasteiger partial charge in [0, 0.05) is 34.1 Å². The number of anilines is 6. The second-order valence-electron chi connectivity index (χ2n) is 22.1. The van der Waals surface area contributed by atoms with E-state index in [0.29, 0.717) is 0 Å². The van der Waals surface area contributed by atoms with Gasteiger partial charge in [0.25, 0.3) is 0 Å². The highest BCUT2D eigenvalue weighted by Crippen LogP contribution is 2.51. The van der Waals surface area contributed by atoms with Crippen LogP contribution >= 0.6 is 0 Å². The zero-order valence-electron chi connectivity index (χ0n) is 38.2. The van der Waals surface area contributed by atoms with Crippen molar-refractivity contribution >= 4 is 34.1 Å². The fourth-order valence-corrected chi connectivity index (χ4v) is 10.5. The van der Waals surface area contributed by atoms with Gasteiger partial charge in [-0.3, -0.25) is 0 Å². The molecule has 0 radical (unpaired) electrons. The monoisotopic (exact) mass is 771 g/mol. The molecule has 3 aliphatic carbocycles. The molecule has 0 fully saturated rings. The largest absolute Gasteiger partial charge is 0.310 e. The first-order valence-corrected chi connectivity index (χ1v) is 22.4. The summed E-state index contributed by atoms with van der Waals surface area (Å²) < 4.78 is 0. The lowest BCUT2D eigenvalue weighted by Crippen LogP contribution is -2.34. The average molecular weight is 771 g/mol. The third kappa shape index (κ3) is 7.32. The molecule has 0 unspecified atom stereocenters. The summed E-state index contributed by atoms with van der Waals surface area (Å²) in [5, 5.41) is 0. The molecule has 0 heterocycles. The van der Waals surface area contributed by atoms with Crippen LogP contribution in [0.15, 0.2) is 91.0 Å². The zero-order valence-corrected chi connectivity index (χ0v) is 38.2. The Morgan fingerprint density at radius 1 is 0.431 bits per heavy atom. The quantitative estimate of drug-likeness (QED) is 0.170. The van der Waals surface area contributed by atoms with Gasteiger partial charge in [-0.2, -0.15) is 0 Å². The fraction of sp³-hybridized carbons (Fsp3) is 0.464. The van der Waals surface area contributed by atoms with Crippen molar-refractivity contribution < 1.29 is 0 Å². The van der Waals surface area contributed by atoms with Crippen LogP contribution in [-0.2, 0) is 39.9 Å². The van der Waals surface area contributed by atoms with Crippen molar-refractivity contribution in [1.82, 2.24) is 0 Å². The summed E-state index contributed by atoms with van der Waals surface area (Å²) in [6, 6.07) is 36.5. The molecule has 0 saturated carbocycles. The average Bonchev–Trinajstić information content (AvgIpc) is 3.16. The van der Waals surface area contributed by atoms with Gasteiger partial charge in [0.2, 0.25) is 0 Å². The van der Waals surface area contributed by atoms with Gasteiger partial charge in [0.1, 0.15) is 0 Å². The molecule has 3 aliphatic rings. The van der Waals surface area contributed by atoms with Crippen LogP contribution in [-0.4, -0.2) is 0 Å². The number of fused-ring (bicyclic) bond motifs is 3. The molecule has 0 amide bonds. The van der Waals surface area contributed by atoms with E-state index >= 15 is 0 Å². The van der Waals surface area contributed by atoms with Crippen molar-refractivity contribution in [3.05, 3.63) is 141 Å². The number of benzene rings is 5. The molecule has 2 heteroatoms. The Balaban J connectivity index is 1.36. The minimum absolute atomic E-state index is 0.0776. The highest BCUT2D eigenvalue weighted by atomic mass is 15.2. The predicted octanol–water partition coefficient (Wildman–Crippen LogP) is 16.1. The summed E-state index contributed by atoms with van der Waals surface area (Å²) in [5.41, 5.74) is 20.9. The Morgan fingerprint density at radius 2 is 0.897 bits per heavy atom. The van der Waals surface area contributed by atoms with Crippen LogP contribution in [0.4, 0.5) is 34.1 Å². The first-order valence-electron chi connectivity index (χ1n) is 22.4. The van der Waals surface area contributed by atoms with Crippen LogP contribution in [0, 0.1) is 13.8 Å². The van der Waals surface area contributed by atoms with E-state index in [2.05, 4.69) is 191 Å². The van der Waals surface area contributed by atoms with Crippen LogP contribution in [0.5, 0.6) is 0 Å². The van der Waals surface area contributed by atoms with E-state index in [1.165, 1.54) is 129 Å². The van der Waals surface area contributed by atoms with E-state index in [1.807, 2.05) is 0 Å². The van der Waals surface area contributed by atoms with Gasteiger partial charge in [-0.25, -0.2) is 0 Å². The van der Waals surface area contributed by atoms with E-state index in [9.17, 15) is 0 Å². The minimum Gasteiger partial charge on any atom is -0.310 e. The van der Waals surface area contributed by atoms with Gasteiger partial charge >= 0.3 is 0 Å². The summed E-state index contributed by atoms with van der Waals surface area (Å²) in [5.74, 6) is 0. The number of hydrogen-bond donors (Lipinski definition) is 0. The lowest BCUT2D eigenvalue weighted by atomic mass is 9.63. The Kier molecular flexibility index (Phi) is 9.89. The molecule has 0 saturated heterocycles. The Bertz CT molecular complexity index is 2300. The van der Waals surface area contributed by atoms with Gasteiger partial charge in [0.05, 0.1) is 0 Å². The highest BCUT2D eigenvalue weighted by Gasteiger charge is 2.39. The van der Waals surface area contributed by atoms with E-state index in [-0.39, 0.29) is 27.1 Å². The summed E-state index contributed by atoms with van der Waals surface area (Å²) in [7, 11) is 0. The van der Waals surface area contributed by atoms with Crippen LogP contribution in [0.1, 0.15) is 165 Å². The highest BCUT2D eigenvalue weighted by molar-refractivity contribution is 5.85. The molecular formula is C56H70N2. The summed E-state index contributed by atoms with van der Waals surface area (Å²) in [4.78, 5) is 5.12. The first kappa shape index (κ1) is 40.5. The second kappa shape index (κ2) is 14.2. The summed E-state index contributed by atoms with van der Waals surface area (Å²) in [6.07, 6.45) is 9.69. The van der Waals surface area contributed by atoms with Gasteiger partial charge in [0.15, 0.2) is 0 Å². The van der Waals surface area contributed by atoms with Crippen molar-refractivity contribution in [2.75, 3.05) is 9.80 Å². The van der Waals surface area contributed by atoms with Crippen molar-refractivity contribution in [2.24, 2.45) is 0 Å². The minimum atomic E-state index is 0.0776. The van der Waals surface area contributed by atoms with Crippen LogP contribution in [0.2, 0.25) is 0 Å². The summed E-state index contributed by atoms with van der Waals surface area (Å²) in [6.45, 7) is 31.1. The molecule has 0 atom stereocenters. The van der Waals surface area contributed by atoms with Gasteiger partial charge < -0.3 is 9.80 Å². The van der Waals surface area contributed by atoms with E-state index in [0.717, 1.165) is 6.42 Å². The van der Waals surface area contributed by atoms with Crippen LogP contribution in [0.3, 0.4) is 0 Å². The fourth-order valence-electron chi connectivity index (χ4n) is 10.5. The maximum Gasteiger partial charge on any atom is 0.0491 e. The maximum absolute atomic E-state index is 2.58. The van der Waals surface area contributed by atoms with E-state index in [1.54, 1.807) is 0 Å². The zero-order chi connectivity index (χ0) is 41.6. The van der Waals surface area contributed by atoms with Crippen LogP contribution < -0.4 is 9.80 Å². The van der Waals surface area contributed by atoms with Crippen molar-refractivity contribution in [3.8, 4) is 0 Å². The lowest BCUT2D eigenvalue weighted by Gasteiger charge is -2.43. The van der Waals surface area contributed by atoms with Gasteiger partial charge in [-0.05, 0) is 203 Å². The van der Waals surface area contributed by atoms with Gasteiger partial charge in [-0.1, -0.05) is 106 Å². The molecule has 0 aromatic heterocycles. The van der Waals surface area contributed by atoms with Crippen molar-refractivity contribution in [3.63, 3.8) is 0 Å². The molecule has 304 valence electrons. The first-order chi connectivity index (χ1) is 27.1. The molecular weight excluding hydrogens is 701 g/mol.